The molecule has 1 rings (SSSR count). The fourth-order valence-corrected chi connectivity index (χ4v) is 1.62. The number of aryl methyl sites for hydroxylation is 1. The second-order valence-electron chi connectivity index (χ2n) is 3.38. The molecule has 6 nitrogen and oxygen atoms in total. The summed E-state index contributed by atoms with van der Waals surface area (Å²) >= 11 is 0. The van der Waals surface area contributed by atoms with Crippen molar-refractivity contribution in [1.82, 2.24) is 14.7 Å². The van der Waals surface area contributed by atoms with Crippen LogP contribution in [-0.2, 0) is 23.6 Å². The van der Waals surface area contributed by atoms with Crippen LogP contribution in [0.15, 0.2) is 11.1 Å². The number of nitrogens with two attached hydrogens (primary N) is 1. The average Bonchev–Trinajstić information content (AvgIpc) is 2.30. The Bertz CT molecular complexity index is 421. The Kier molecular flexibility index (Phi) is 2.93. The van der Waals surface area contributed by atoms with E-state index >= 15 is 0 Å². The van der Waals surface area contributed by atoms with Gasteiger partial charge in [0.2, 0.25) is 0 Å². The van der Waals surface area contributed by atoms with Crippen LogP contribution in [0.1, 0.15) is 5.69 Å². The number of sulfonamides is 1. The number of primary sulfonamides is 1. The van der Waals surface area contributed by atoms with Crippen molar-refractivity contribution in [2.45, 2.75) is 11.6 Å². The minimum Gasteiger partial charge on any atom is -0.304 e. The maximum Gasteiger partial charge on any atom is 0.257 e. The zero-order chi connectivity index (χ0) is 10.9. The van der Waals surface area contributed by atoms with E-state index in [1.165, 1.54) is 10.7 Å². The van der Waals surface area contributed by atoms with Gasteiger partial charge in [0, 0.05) is 19.7 Å². The molecule has 0 aliphatic carbocycles. The highest BCUT2D eigenvalue weighted by Crippen LogP contribution is 2.08. The molecule has 0 unspecified atom stereocenters. The lowest BCUT2D eigenvalue weighted by atomic mass is 10.4. The number of hydrogen-bond acceptors (Lipinski definition) is 4. The van der Waals surface area contributed by atoms with Crippen molar-refractivity contribution in [3.8, 4) is 0 Å². The van der Waals surface area contributed by atoms with Crippen LogP contribution in [0.5, 0.6) is 0 Å². The van der Waals surface area contributed by atoms with Crippen molar-refractivity contribution in [3.63, 3.8) is 0 Å². The SMILES string of the molecule is CN(C)Cc1cc(S(N)(=O)=O)nn1C. The Morgan fingerprint density at radius 2 is 2.14 bits per heavy atom. The monoisotopic (exact) mass is 218 g/mol. The van der Waals surface area contributed by atoms with E-state index in [1.807, 2.05) is 19.0 Å². The van der Waals surface area contributed by atoms with E-state index in [0.717, 1.165) is 5.69 Å². The molecule has 1 aromatic rings. The molecule has 0 fully saturated rings. The summed E-state index contributed by atoms with van der Waals surface area (Å²) < 4.78 is 23.5. The second kappa shape index (κ2) is 3.68. The molecule has 0 saturated carbocycles. The second-order valence-corrected chi connectivity index (χ2v) is 4.89. The third-order valence-electron chi connectivity index (χ3n) is 1.72. The molecule has 0 atom stereocenters. The summed E-state index contributed by atoms with van der Waals surface area (Å²) in [6.07, 6.45) is 0. The van der Waals surface area contributed by atoms with Gasteiger partial charge in [-0.25, -0.2) is 13.6 Å². The quantitative estimate of drug-likeness (QED) is 0.715. The Morgan fingerprint density at radius 1 is 1.57 bits per heavy atom. The van der Waals surface area contributed by atoms with E-state index in [0.29, 0.717) is 6.54 Å². The first-order chi connectivity index (χ1) is 6.30. The number of rotatable bonds is 3. The van der Waals surface area contributed by atoms with Crippen LogP contribution in [0.4, 0.5) is 0 Å². The lowest BCUT2D eigenvalue weighted by Crippen LogP contribution is -2.13. The fraction of sp³-hybridized carbons (Fsp3) is 0.571. The molecular weight excluding hydrogens is 204 g/mol. The molecule has 0 aliphatic rings. The van der Waals surface area contributed by atoms with Gasteiger partial charge in [0.25, 0.3) is 10.0 Å². The summed E-state index contributed by atoms with van der Waals surface area (Å²) in [5.74, 6) is 0. The van der Waals surface area contributed by atoms with Gasteiger partial charge in [-0.2, -0.15) is 5.10 Å². The molecule has 0 aromatic carbocycles. The largest absolute Gasteiger partial charge is 0.304 e. The Hall–Kier alpha value is -0.920. The van der Waals surface area contributed by atoms with Crippen LogP contribution in [0.25, 0.3) is 0 Å². The van der Waals surface area contributed by atoms with Gasteiger partial charge in [0.15, 0.2) is 5.03 Å². The van der Waals surface area contributed by atoms with Crippen LogP contribution < -0.4 is 5.14 Å². The molecule has 0 bridgehead atoms. The molecule has 1 heterocycles. The van der Waals surface area contributed by atoms with Gasteiger partial charge in [-0.05, 0) is 14.1 Å². The summed E-state index contributed by atoms with van der Waals surface area (Å²) in [7, 11) is 1.78. The molecule has 0 saturated heterocycles. The minimum atomic E-state index is -3.69. The number of aromatic nitrogens is 2. The standard InChI is InChI=1S/C7H14N4O2S/c1-10(2)5-6-4-7(9-11(6)3)14(8,12)13/h4H,5H2,1-3H3,(H2,8,12,13). The van der Waals surface area contributed by atoms with Crippen molar-refractivity contribution in [2.24, 2.45) is 12.2 Å². The summed E-state index contributed by atoms with van der Waals surface area (Å²) in [5.41, 5.74) is 0.805. The lowest BCUT2D eigenvalue weighted by molar-refractivity contribution is 0.387. The van der Waals surface area contributed by atoms with Gasteiger partial charge in [0.05, 0.1) is 5.69 Å². The maximum atomic E-state index is 11.0. The van der Waals surface area contributed by atoms with E-state index < -0.39 is 10.0 Å². The number of nitrogens with zero attached hydrogens (tertiary/aromatic N) is 3. The van der Waals surface area contributed by atoms with Crippen LogP contribution in [0, 0.1) is 0 Å². The van der Waals surface area contributed by atoms with Crippen molar-refractivity contribution in [2.75, 3.05) is 14.1 Å². The third kappa shape index (κ3) is 2.53. The summed E-state index contributed by atoms with van der Waals surface area (Å²) in [5, 5.41) is 8.68. The van der Waals surface area contributed by atoms with Crippen molar-refractivity contribution in [1.29, 1.82) is 0 Å². The zero-order valence-corrected chi connectivity index (χ0v) is 9.24. The smallest absolute Gasteiger partial charge is 0.257 e. The van der Waals surface area contributed by atoms with Gasteiger partial charge in [0.1, 0.15) is 0 Å². The topological polar surface area (TPSA) is 81.2 Å². The Labute approximate surface area is 83.4 Å². The molecule has 80 valence electrons. The highest BCUT2D eigenvalue weighted by atomic mass is 32.2. The molecule has 0 radical (unpaired) electrons. The summed E-state index contributed by atoms with van der Waals surface area (Å²) in [4.78, 5) is 1.92. The first kappa shape index (κ1) is 11.2. The molecular formula is C7H14N4O2S. The van der Waals surface area contributed by atoms with Crippen LogP contribution in [0.3, 0.4) is 0 Å². The summed E-state index contributed by atoms with van der Waals surface area (Å²) in [6, 6.07) is 1.48. The first-order valence-electron chi connectivity index (χ1n) is 4.01. The van der Waals surface area contributed by atoms with Crippen molar-refractivity contribution >= 4 is 10.0 Å². The lowest BCUT2D eigenvalue weighted by Gasteiger charge is -2.08. The normalized spacial score (nSPS) is 12.4. The van der Waals surface area contributed by atoms with Gasteiger partial charge >= 0.3 is 0 Å². The maximum absolute atomic E-state index is 11.0. The van der Waals surface area contributed by atoms with E-state index in [4.69, 9.17) is 5.14 Å². The molecule has 7 heteroatoms. The van der Waals surface area contributed by atoms with Gasteiger partial charge < -0.3 is 4.90 Å². The molecule has 2 N–H and O–H groups in total. The third-order valence-corrected chi connectivity index (χ3v) is 2.51. The zero-order valence-electron chi connectivity index (χ0n) is 8.43. The fourth-order valence-electron chi connectivity index (χ4n) is 1.09. The highest BCUT2D eigenvalue weighted by molar-refractivity contribution is 7.89. The van der Waals surface area contributed by atoms with Gasteiger partial charge in [-0.3, -0.25) is 4.68 Å². The molecule has 0 spiro atoms. The van der Waals surface area contributed by atoms with E-state index in [1.54, 1.807) is 7.05 Å². The van der Waals surface area contributed by atoms with Crippen LogP contribution in [0.2, 0.25) is 0 Å². The Balaban J connectivity index is 3.06. The predicted molar refractivity (Wildman–Crippen MR) is 52.0 cm³/mol. The number of hydrogen-bond donors (Lipinski definition) is 1. The summed E-state index contributed by atoms with van der Waals surface area (Å²) in [6.45, 7) is 0.624. The van der Waals surface area contributed by atoms with E-state index in [9.17, 15) is 8.42 Å². The molecule has 1 aromatic heterocycles. The van der Waals surface area contributed by atoms with Crippen molar-refractivity contribution in [3.05, 3.63) is 11.8 Å². The van der Waals surface area contributed by atoms with Crippen molar-refractivity contribution < 1.29 is 8.42 Å². The Morgan fingerprint density at radius 3 is 2.50 bits per heavy atom. The van der Waals surface area contributed by atoms with E-state index in [-0.39, 0.29) is 5.03 Å². The molecule has 14 heavy (non-hydrogen) atoms. The predicted octanol–water partition coefficient (Wildman–Crippen LogP) is -0.871. The highest BCUT2D eigenvalue weighted by Gasteiger charge is 2.14. The minimum absolute atomic E-state index is 0.0862. The van der Waals surface area contributed by atoms with Gasteiger partial charge in [-0.15, -0.1) is 0 Å². The van der Waals surface area contributed by atoms with Gasteiger partial charge in [-0.1, -0.05) is 0 Å². The molecule has 0 amide bonds. The molecule has 0 aliphatic heterocycles. The van der Waals surface area contributed by atoms with Crippen LogP contribution >= 0.6 is 0 Å². The van der Waals surface area contributed by atoms with Crippen LogP contribution in [-0.4, -0.2) is 37.2 Å². The first-order valence-corrected chi connectivity index (χ1v) is 5.56. The van der Waals surface area contributed by atoms with E-state index in [2.05, 4.69) is 5.10 Å². The average molecular weight is 218 g/mol.